The Hall–Kier alpha value is -3.12. The summed E-state index contributed by atoms with van der Waals surface area (Å²) in [5.41, 5.74) is -0.316. The van der Waals surface area contributed by atoms with Crippen LogP contribution < -0.4 is 14.2 Å². The monoisotopic (exact) mass is 454 g/mol. The third-order valence-corrected chi connectivity index (χ3v) is 5.09. The predicted octanol–water partition coefficient (Wildman–Crippen LogP) is 4.45. The molecule has 0 N–H and O–H groups in total. The van der Waals surface area contributed by atoms with Gasteiger partial charge in [-0.2, -0.15) is 18.4 Å². The Labute approximate surface area is 181 Å². The number of nitriles is 1. The lowest BCUT2D eigenvalue weighted by Gasteiger charge is -2.39. The summed E-state index contributed by atoms with van der Waals surface area (Å²) in [4.78, 5) is 14.3. The van der Waals surface area contributed by atoms with Crippen LogP contribution in [0, 0.1) is 11.3 Å². The summed E-state index contributed by atoms with van der Waals surface area (Å²) in [5, 5.41) is 8.92. The highest BCUT2D eigenvalue weighted by Gasteiger charge is 2.40. The van der Waals surface area contributed by atoms with Gasteiger partial charge >= 0.3 is 6.18 Å². The number of ether oxygens (including phenoxy) is 3. The summed E-state index contributed by atoms with van der Waals surface area (Å²) in [6, 6.07) is 11.1. The van der Waals surface area contributed by atoms with Gasteiger partial charge in [-0.05, 0) is 43.3 Å². The number of likely N-dealkylation sites (tertiary alicyclic amines) is 1. The standard InChI is InChI=1S/C21H18ClF3N2O4/c1-12(21(23,24)25)30-17-8-3-13(9-26)19(22)18(17)20(28)27-10-16(11-27)31-15-6-4-14(29-2)5-7-15/h3-8,12,16H,10-11H2,1-2H3. The van der Waals surface area contributed by atoms with Crippen molar-refractivity contribution >= 4 is 17.5 Å². The van der Waals surface area contributed by atoms with E-state index in [1.807, 2.05) is 6.07 Å². The number of nitrogens with zero attached hydrogens (tertiary/aromatic N) is 2. The van der Waals surface area contributed by atoms with Crippen molar-refractivity contribution < 1.29 is 32.2 Å². The van der Waals surface area contributed by atoms with Gasteiger partial charge in [-0.1, -0.05) is 11.6 Å². The molecule has 1 aliphatic heterocycles. The molecule has 0 spiro atoms. The fraction of sp³-hybridized carbons (Fsp3) is 0.333. The van der Waals surface area contributed by atoms with Crippen molar-refractivity contribution in [3.8, 4) is 23.3 Å². The number of hydrogen-bond donors (Lipinski definition) is 0. The van der Waals surface area contributed by atoms with Gasteiger partial charge in [0.2, 0.25) is 0 Å². The second kappa shape index (κ2) is 8.94. The molecule has 164 valence electrons. The van der Waals surface area contributed by atoms with E-state index in [0.29, 0.717) is 11.5 Å². The number of halogens is 4. The zero-order valence-electron chi connectivity index (χ0n) is 16.6. The van der Waals surface area contributed by atoms with Crippen LogP contribution in [0.15, 0.2) is 36.4 Å². The minimum Gasteiger partial charge on any atom is -0.497 e. The fourth-order valence-electron chi connectivity index (χ4n) is 2.88. The van der Waals surface area contributed by atoms with Crippen LogP contribution in [0.1, 0.15) is 22.8 Å². The van der Waals surface area contributed by atoms with Crippen LogP contribution in [-0.2, 0) is 0 Å². The van der Waals surface area contributed by atoms with Crippen molar-refractivity contribution in [3.63, 3.8) is 0 Å². The zero-order valence-corrected chi connectivity index (χ0v) is 17.3. The Bertz CT molecular complexity index is 999. The van der Waals surface area contributed by atoms with Gasteiger partial charge in [-0.15, -0.1) is 0 Å². The number of methoxy groups -OCH3 is 1. The van der Waals surface area contributed by atoms with Crippen LogP contribution in [-0.4, -0.2) is 49.4 Å². The van der Waals surface area contributed by atoms with Gasteiger partial charge in [-0.3, -0.25) is 4.79 Å². The van der Waals surface area contributed by atoms with E-state index < -0.39 is 18.2 Å². The molecule has 2 aromatic carbocycles. The van der Waals surface area contributed by atoms with Crippen molar-refractivity contribution in [1.82, 2.24) is 4.90 Å². The molecule has 2 aromatic rings. The third-order valence-electron chi connectivity index (χ3n) is 4.70. The molecule has 1 atom stereocenters. The first-order valence-electron chi connectivity index (χ1n) is 9.20. The molecule has 1 unspecified atom stereocenters. The van der Waals surface area contributed by atoms with Crippen LogP contribution in [0.3, 0.4) is 0 Å². The quantitative estimate of drug-likeness (QED) is 0.644. The average molecular weight is 455 g/mol. The smallest absolute Gasteiger partial charge is 0.425 e. The number of amides is 1. The maximum atomic E-state index is 12.9. The Morgan fingerprint density at radius 2 is 1.81 bits per heavy atom. The molecule has 0 aliphatic carbocycles. The number of hydrogen-bond acceptors (Lipinski definition) is 5. The van der Waals surface area contributed by atoms with E-state index in [2.05, 4.69) is 0 Å². The molecule has 1 saturated heterocycles. The molecule has 3 rings (SSSR count). The molecule has 0 saturated carbocycles. The average Bonchev–Trinajstić information content (AvgIpc) is 2.70. The van der Waals surface area contributed by atoms with Crippen molar-refractivity contribution in [3.05, 3.63) is 52.5 Å². The fourth-order valence-corrected chi connectivity index (χ4v) is 3.16. The summed E-state index contributed by atoms with van der Waals surface area (Å²) in [6.07, 6.45) is -7.09. The van der Waals surface area contributed by atoms with Gasteiger partial charge in [0.1, 0.15) is 35.0 Å². The number of benzene rings is 2. The largest absolute Gasteiger partial charge is 0.497 e. The van der Waals surface area contributed by atoms with Gasteiger partial charge in [0.15, 0.2) is 6.10 Å². The van der Waals surface area contributed by atoms with Crippen molar-refractivity contribution in [2.75, 3.05) is 20.2 Å². The molecule has 31 heavy (non-hydrogen) atoms. The normalized spacial score (nSPS) is 14.9. The van der Waals surface area contributed by atoms with Crippen LogP contribution >= 0.6 is 11.6 Å². The first kappa shape index (κ1) is 22.6. The second-order valence-electron chi connectivity index (χ2n) is 6.84. The van der Waals surface area contributed by atoms with Crippen LogP contribution in [0.25, 0.3) is 0 Å². The van der Waals surface area contributed by atoms with E-state index in [-0.39, 0.29) is 41.1 Å². The van der Waals surface area contributed by atoms with Crippen molar-refractivity contribution in [2.45, 2.75) is 25.3 Å². The molecule has 10 heteroatoms. The van der Waals surface area contributed by atoms with Crippen LogP contribution in [0.2, 0.25) is 5.02 Å². The molecular weight excluding hydrogens is 437 g/mol. The van der Waals surface area contributed by atoms with Crippen LogP contribution in [0.5, 0.6) is 17.2 Å². The Morgan fingerprint density at radius 1 is 1.19 bits per heavy atom. The van der Waals surface area contributed by atoms with Gasteiger partial charge in [-0.25, -0.2) is 0 Å². The second-order valence-corrected chi connectivity index (χ2v) is 7.22. The maximum Gasteiger partial charge on any atom is 0.425 e. The minimum atomic E-state index is -4.63. The third kappa shape index (κ3) is 4.97. The molecule has 0 aromatic heterocycles. The summed E-state index contributed by atoms with van der Waals surface area (Å²) in [6.45, 7) is 1.22. The van der Waals surface area contributed by atoms with Crippen LogP contribution in [0.4, 0.5) is 13.2 Å². The van der Waals surface area contributed by atoms with Gasteiger partial charge in [0.05, 0.1) is 30.8 Å². The molecule has 1 fully saturated rings. The summed E-state index contributed by atoms with van der Waals surface area (Å²) in [7, 11) is 1.55. The maximum absolute atomic E-state index is 12.9. The Balaban J connectivity index is 1.74. The van der Waals surface area contributed by atoms with Gasteiger partial charge in [0, 0.05) is 0 Å². The SMILES string of the molecule is COc1ccc(OC2CN(C(=O)c3c(OC(C)C(F)(F)F)ccc(C#N)c3Cl)C2)cc1. The van der Waals surface area contributed by atoms with Crippen molar-refractivity contribution in [2.24, 2.45) is 0 Å². The topological polar surface area (TPSA) is 71.8 Å². The molecule has 6 nitrogen and oxygen atoms in total. The van der Waals surface area contributed by atoms with E-state index in [0.717, 1.165) is 13.0 Å². The van der Waals surface area contributed by atoms with E-state index in [4.69, 9.17) is 25.8 Å². The highest BCUT2D eigenvalue weighted by molar-refractivity contribution is 6.35. The predicted molar refractivity (Wildman–Crippen MR) is 106 cm³/mol. The summed E-state index contributed by atoms with van der Waals surface area (Å²) >= 11 is 6.15. The molecular formula is C21H18ClF3N2O4. The van der Waals surface area contributed by atoms with E-state index in [9.17, 15) is 23.2 Å². The lowest BCUT2D eigenvalue weighted by Crippen LogP contribution is -2.56. The highest BCUT2D eigenvalue weighted by Crippen LogP contribution is 2.35. The molecule has 1 heterocycles. The molecule has 1 amide bonds. The Kier molecular flexibility index (Phi) is 6.51. The molecule has 1 aliphatic rings. The lowest BCUT2D eigenvalue weighted by molar-refractivity contribution is -0.189. The number of carbonyl (C=O) groups excluding carboxylic acids is 1. The van der Waals surface area contributed by atoms with Crippen molar-refractivity contribution in [1.29, 1.82) is 5.26 Å². The first-order valence-corrected chi connectivity index (χ1v) is 9.57. The number of alkyl halides is 3. The molecule has 0 bridgehead atoms. The summed E-state index contributed by atoms with van der Waals surface area (Å²) in [5.74, 6) is 0.287. The number of rotatable bonds is 6. The van der Waals surface area contributed by atoms with E-state index >= 15 is 0 Å². The zero-order chi connectivity index (χ0) is 22.8. The highest BCUT2D eigenvalue weighted by atomic mass is 35.5. The van der Waals surface area contributed by atoms with E-state index in [1.165, 1.54) is 11.0 Å². The van der Waals surface area contributed by atoms with Gasteiger partial charge in [0.25, 0.3) is 5.91 Å². The van der Waals surface area contributed by atoms with Gasteiger partial charge < -0.3 is 19.1 Å². The first-order chi connectivity index (χ1) is 14.6. The van der Waals surface area contributed by atoms with E-state index in [1.54, 1.807) is 31.4 Å². The minimum absolute atomic E-state index is 0.0383. The molecule has 0 radical (unpaired) electrons. The lowest BCUT2D eigenvalue weighted by atomic mass is 10.0. The number of carbonyl (C=O) groups is 1. The Morgan fingerprint density at radius 3 is 2.35 bits per heavy atom. The summed E-state index contributed by atoms with van der Waals surface area (Å²) < 4.78 is 54.6.